The van der Waals surface area contributed by atoms with Gasteiger partial charge in [0.25, 0.3) is 0 Å². The van der Waals surface area contributed by atoms with E-state index in [9.17, 15) is 0 Å². The van der Waals surface area contributed by atoms with E-state index in [1.807, 2.05) is 11.3 Å². The molecule has 0 saturated heterocycles. The second kappa shape index (κ2) is 15.0. The zero-order chi connectivity index (χ0) is 46.0. The molecule has 0 amide bonds. The fraction of sp³-hybridized carbons (Fsp3) is 0.0294. The van der Waals surface area contributed by atoms with Crippen LogP contribution in [0, 0.1) is 0 Å². The highest BCUT2D eigenvalue weighted by Crippen LogP contribution is 2.63. The summed E-state index contributed by atoms with van der Waals surface area (Å²) in [5.41, 5.74) is 23.2. The molecule has 326 valence electrons. The van der Waals surface area contributed by atoms with Crippen molar-refractivity contribution in [3.8, 4) is 44.5 Å². The van der Waals surface area contributed by atoms with Crippen molar-refractivity contribution in [1.29, 1.82) is 0 Å². The maximum atomic E-state index is 2.50. The number of anilines is 3. The first kappa shape index (κ1) is 39.4. The van der Waals surface area contributed by atoms with Gasteiger partial charge in [0.1, 0.15) is 0 Å². The molecule has 0 fully saturated rings. The summed E-state index contributed by atoms with van der Waals surface area (Å²) in [7, 11) is 0. The maximum Gasteiger partial charge on any atom is 0.0726 e. The molecule has 0 unspecified atom stereocenters. The fourth-order valence-corrected chi connectivity index (χ4v) is 14.2. The molecule has 0 bridgehead atoms. The first-order chi connectivity index (χ1) is 34.7. The van der Waals surface area contributed by atoms with E-state index in [0.29, 0.717) is 0 Å². The number of hydrogen-bond donors (Lipinski definition) is 0. The Balaban J connectivity index is 0.939. The Morgan fingerprint density at radius 1 is 0.271 bits per heavy atom. The summed E-state index contributed by atoms with van der Waals surface area (Å²) in [6.45, 7) is 0. The van der Waals surface area contributed by atoms with Crippen LogP contribution in [0.25, 0.3) is 64.7 Å². The van der Waals surface area contributed by atoms with E-state index in [1.54, 1.807) is 0 Å². The summed E-state index contributed by atoms with van der Waals surface area (Å²) in [6, 6.07) is 97.9. The van der Waals surface area contributed by atoms with Gasteiger partial charge in [0.05, 0.1) is 10.8 Å². The van der Waals surface area contributed by atoms with Crippen LogP contribution in [0.1, 0.15) is 44.5 Å². The van der Waals surface area contributed by atoms with E-state index in [0.717, 1.165) is 17.1 Å². The molecule has 0 radical (unpaired) electrons. The monoisotopic (exact) mass is 905 g/mol. The molecule has 2 heteroatoms. The topological polar surface area (TPSA) is 3.24 Å². The molecule has 1 heterocycles. The third-order valence-corrected chi connectivity index (χ3v) is 17.0. The number of nitrogens with zero attached hydrogens (tertiary/aromatic N) is 1. The highest BCUT2D eigenvalue weighted by Gasteiger charge is 2.52. The minimum atomic E-state index is -0.484. The third-order valence-electron chi connectivity index (χ3n) is 15.8. The molecule has 0 aliphatic heterocycles. The van der Waals surface area contributed by atoms with Gasteiger partial charge in [0, 0.05) is 37.2 Å². The molecule has 3 aliphatic carbocycles. The van der Waals surface area contributed by atoms with Crippen molar-refractivity contribution >= 4 is 48.6 Å². The summed E-state index contributed by atoms with van der Waals surface area (Å²) < 4.78 is 2.64. The Bertz CT molecular complexity index is 3960. The van der Waals surface area contributed by atoms with Crippen molar-refractivity contribution in [2.45, 2.75) is 10.8 Å². The Kier molecular flexibility index (Phi) is 8.43. The summed E-state index contributed by atoms with van der Waals surface area (Å²) >= 11 is 1.88. The Morgan fingerprint density at radius 3 is 1.26 bits per heavy atom. The number of hydrogen-bond acceptors (Lipinski definition) is 2. The first-order valence-corrected chi connectivity index (χ1v) is 25.1. The van der Waals surface area contributed by atoms with Crippen molar-refractivity contribution in [3.05, 3.63) is 305 Å². The highest BCUT2D eigenvalue weighted by molar-refractivity contribution is 7.26. The van der Waals surface area contributed by atoms with E-state index in [4.69, 9.17) is 0 Å². The Morgan fingerprint density at radius 2 is 0.686 bits per heavy atom. The second-order valence-electron chi connectivity index (χ2n) is 19.0. The van der Waals surface area contributed by atoms with Gasteiger partial charge in [-0.1, -0.05) is 218 Å². The highest BCUT2D eigenvalue weighted by atomic mass is 32.1. The predicted octanol–water partition coefficient (Wildman–Crippen LogP) is 17.9. The van der Waals surface area contributed by atoms with Crippen molar-refractivity contribution in [2.75, 3.05) is 4.90 Å². The molecule has 1 spiro atoms. The van der Waals surface area contributed by atoms with Crippen LogP contribution in [-0.2, 0) is 10.8 Å². The average molecular weight is 906 g/mol. The van der Waals surface area contributed by atoms with Gasteiger partial charge in [-0.3, -0.25) is 0 Å². The van der Waals surface area contributed by atoms with Crippen molar-refractivity contribution in [2.24, 2.45) is 0 Å². The number of rotatable bonds is 6. The quantitative estimate of drug-likeness (QED) is 0.161. The largest absolute Gasteiger partial charge is 0.310 e. The third kappa shape index (κ3) is 5.26. The summed E-state index contributed by atoms with van der Waals surface area (Å²) in [4.78, 5) is 2.48. The molecule has 15 rings (SSSR count). The lowest BCUT2D eigenvalue weighted by Crippen LogP contribution is -2.28. The fourth-order valence-electron chi connectivity index (χ4n) is 13.0. The number of fused-ring (bicyclic) bond motifs is 16. The summed E-state index contributed by atoms with van der Waals surface area (Å²) in [5, 5.41) is 2.63. The minimum absolute atomic E-state index is 0.456. The Hall–Kier alpha value is -8.56. The minimum Gasteiger partial charge on any atom is -0.310 e. The molecular weight excluding hydrogens is 863 g/mol. The van der Waals surface area contributed by atoms with E-state index >= 15 is 0 Å². The van der Waals surface area contributed by atoms with E-state index < -0.39 is 10.8 Å². The zero-order valence-electron chi connectivity index (χ0n) is 38.2. The lowest BCUT2D eigenvalue weighted by atomic mass is 9.67. The van der Waals surface area contributed by atoms with Crippen LogP contribution in [0.5, 0.6) is 0 Å². The summed E-state index contributed by atoms with van der Waals surface area (Å²) in [6.07, 6.45) is 0. The van der Waals surface area contributed by atoms with Crippen LogP contribution in [0.2, 0.25) is 0 Å². The van der Waals surface area contributed by atoms with Crippen LogP contribution in [0.3, 0.4) is 0 Å². The van der Waals surface area contributed by atoms with Crippen molar-refractivity contribution in [3.63, 3.8) is 0 Å². The smallest absolute Gasteiger partial charge is 0.0726 e. The van der Waals surface area contributed by atoms with Crippen LogP contribution in [-0.4, -0.2) is 0 Å². The molecule has 70 heavy (non-hydrogen) atoms. The van der Waals surface area contributed by atoms with Gasteiger partial charge in [0.2, 0.25) is 0 Å². The number of thiophene rings is 1. The SMILES string of the molecule is c1ccc(C2(c3ccc(N(c4ccc(-c5cccc6c5sc5ccccc56)cc4)c4ccc5c(c4)C4(c6ccccc6-c6ccccc64)c4ccccc4-5)cc3)c3ccccc3-c3ccccc32)cc1. The van der Waals surface area contributed by atoms with Gasteiger partial charge < -0.3 is 4.90 Å². The summed E-state index contributed by atoms with van der Waals surface area (Å²) in [5.74, 6) is 0. The van der Waals surface area contributed by atoms with Crippen LogP contribution >= 0.6 is 11.3 Å². The molecule has 0 atom stereocenters. The van der Waals surface area contributed by atoms with Gasteiger partial charge in [-0.15, -0.1) is 11.3 Å². The molecule has 1 nitrogen and oxygen atoms in total. The molecule has 0 N–H and O–H groups in total. The molecule has 11 aromatic carbocycles. The van der Waals surface area contributed by atoms with E-state index in [2.05, 4.69) is 266 Å². The maximum absolute atomic E-state index is 2.50. The van der Waals surface area contributed by atoms with Crippen LogP contribution in [0.15, 0.2) is 261 Å². The molecule has 3 aliphatic rings. The standard InChI is InChI=1S/C68H43NS/c1-2-17-45(18-3-1)67(59-27-10-4-19-51(59)52-20-5-11-28-60(52)67)46-35-39-48(40-36-46)69(47-37-33-44(34-38-47)50-25-16-26-58-57-24-9-15-32-65(57)70-66(50)58)49-41-42-56-55-23-8-14-31-63(55)68(64(56)43-49)61-29-12-6-21-53(61)54-22-7-13-30-62(54)68/h1-43H. The number of benzene rings is 11. The Labute approximate surface area is 411 Å². The van der Waals surface area contributed by atoms with Gasteiger partial charge in [-0.25, -0.2) is 0 Å². The van der Waals surface area contributed by atoms with Gasteiger partial charge in [-0.05, 0) is 131 Å². The predicted molar refractivity (Wildman–Crippen MR) is 293 cm³/mol. The van der Waals surface area contributed by atoms with Gasteiger partial charge in [0.15, 0.2) is 0 Å². The molecule has 1 aromatic heterocycles. The van der Waals surface area contributed by atoms with E-state index in [1.165, 1.54) is 109 Å². The van der Waals surface area contributed by atoms with Gasteiger partial charge >= 0.3 is 0 Å². The lowest BCUT2D eigenvalue weighted by molar-refractivity contribution is 0.768. The van der Waals surface area contributed by atoms with Crippen LogP contribution < -0.4 is 4.90 Å². The van der Waals surface area contributed by atoms with Crippen molar-refractivity contribution in [1.82, 2.24) is 0 Å². The zero-order valence-corrected chi connectivity index (χ0v) is 39.0. The first-order valence-electron chi connectivity index (χ1n) is 24.3. The average Bonchev–Trinajstić information content (AvgIpc) is 4.15. The van der Waals surface area contributed by atoms with E-state index in [-0.39, 0.29) is 0 Å². The normalized spacial score (nSPS) is 13.9. The molecule has 0 saturated carbocycles. The van der Waals surface area contributed by atoms with Gasteiger partial charge in [-0.2, -0.15) is 0 Å². The van der Waals surface area contributed by atoms with Crippen molar-refractivity contribution < 1.29 is 0 Å². The molecule has 12 aromatic rings. The van der Waals surface area contributed by atoms with Crippen LogP contribution in [0.4, 0.5) is 17.1 Å². The lowest BCUT2D eigenvalue weighted by Gasteiger charge is -2.35. The molecular formula is C68H43NS. The second-order valence-corrected chi connectivity index (χ2v) is 20.1.